The molecular weight excluding hydrogens is 228 g/mol. The summed E-state index contributed by atoms with van der Waals surface area (Å²) in [5.74, 6) is -2.32. The number of hydrogen-bond acceptors (Lipinski definition) is 2. The van der Waals surface area contributed by atoms with Crippen LogP contribution >= 0.6 is 0 Å². The van der Waals surface area contributed by atoms with Gasteiger partial charge >= 0.3 is 5.97 Å². The summed E-state index contributed by atoms with van der Waals surface area (Å²) in [4.78, 5) is 12.5. The van der Waals surface area contributed by atoms with Crippen molar-refractivity contribution in [2.24, 2.45) is 0 Å². The van der Waals surface area contributed by atoms with Gasteiger partial charge in [0.15, 0.2) is 0 Å². The van der Waals surface area contributed by atoms with E-state index in [4.69, 9.17) is 5.11 Å². The molecule has 3 nitrogen and oxygen atoms in total. The van der Waals surface area contributed by atoms with Gasteiger partial charge in [-0.25, -0.2) is 8.78 Å². The zero-order valence-corrected chi connectivity index (χ0v) is 10.00. The van der Waals surface area contributed by atoms with Gasteiger partial charge in [-0.15, -0.1) is 0 Å². The van der Waals surface area contributed by atoms with E-state index >= 15 is 0 Å². The molecule has 0 aliphatic heterocycles. The summed E-state index contributed by atoms with van der Waals surface area (Å²) >= 11 is 0. The van der Waals surface area contributed by atoms with Gasteiger partial charge in [-0.05, 0) is 38.6 Å². The van der Waals surface area contributed by atoms with E-state index < -0.39 is 23.1 Å². The number of benzene rings is 1. The van der Waals surface area contributed by atoms with Gasteiger partial charge in [0.2, 0.25) is 0 Å². The van der Waals surface area contributed by atoms with Crippen molar-refractivity contribution in [2.75, 3.05) is 7.05 Å². The molecule has 0 spiro atoms. The molecule has 0 aliphatic rings. The van der Waals surface area contributed by atoms with E-state index in [1.165, 1.54) is 30.9 Å². The Hall–Kier alpha value is -1.49. The summed E-state index contributed by atoms with van der Waals surface area (Å²) in [7, 11) is 1.59. The Morgan fingerprint density at radius 2 is 1.76 bits per heavy atom. The first-order valence-corrected chi connectivity index (χ1v) is 5.13. The van der Waals surface area contributed by atoms with E-state index in [1.807, 2.05) is 0 Å². The topological polar surface area (TPSA) is 40.5 Å². The molecule has 0 aromatic heterocycles. The zero-order valence-electron chi connectivity index (χ0n) is 10.00. The third-order valence-corrected chi connectivity index (χ3v) is 2.82. The van der Waals surface area contributed by atoms with E-state index in [0.717, 1.165) is 6.07 Å². The van der Waals surface area contributed by atoms with Crippen molar-refractivity contribution < 1.29 is 18.7 Å². The standard InChI is InChI=1S/C12H15F2NO2/c1-12(2,11(16)17)15(3)7-8-4-9(13)6-10(14)5-8/h4-6H,7H2,1-3H3,(H,16,17). The Morgan fingerprint density at radius 3 is 2.18 bits per heavy atom. The van der Waals surface area contributed by atoms with Crippen LogP contribution < -0.4 is 0 Å². The molecule has 0 saturated heterocycles. The molecule has 1 rings (SSSR count). The van der Waals surface area contributed by atoms with Crippen LogP contribution in [0.15, 0.2) is 18.2 Å². The van der Waals surface area contributed by atoms with Crippen LogP contribution in [0, 0.1) is 11.6 Å². The molecular formula is C12H15F2NO2. The van der Waals surface area contributed by atoms with Crippen LogP contribution in [0.4, 0.5) is 8.78 Å². The van der Waals surface area contributed by atoms with Gasteiger partial charge in [-0.1, -0.05) is 0 Å². The van der Waals surface area contributed by atoms with E-state index in [0.29, 0.717) is 5.56 Å². The Bertz CT molecular complexity index is 412. The highest BCUT2D eigenvalue weighted by atomic mass is 19.1. The summed E-state index contributed by atoms with van der Waals surface area (Å²) in [6, 6.07) is 3.17. The average molecular weight is 243 g/mol. The number of carboxylic acids is 1. The maximum atomic E-state index is 13.0. The van der Waals surface area contributed by atoms with Crippen molar-refractivity contribution in [2.45, 2.75) is 25.9 Å². The number of halogens is 2. The average Bonchev–Trinajstić information content (AvgIpc) is 2.15. The van der Waals surface area contributed by atoms with Gasteiger partial charge in [0.05, 0.1) is 0 Å². The Labute approximate surface area is 98.7 Å². The van der Waals surface area contributed by atoms with Crippen LogP contribution in [0.1, 0.15) is 19.4 Å². The Kier molecular flexibility index (Phi) is 3.83. The lowest BCUT2D eigenvalue weighted by Crippen LogP contribution is -2.47. The van der Waals surface area contributed by atoms with Gasteiger partial charge < -0.3 is 5.11 Å². The fourth-order valence-electron chi connectivity index (χ4n) is 1.34. The minimum atomic E-state index is -1.09. The van der Waals surface area contributed by atoms with Crippen molar-refractivity contribution >= 4 is 5.97 Å². The third-order valence-electron chi connectivity index (χ3n) is 2.82. The maximum absolute atomic E-state index is 13.0. The quantitative estimate of drug-likeness (QED) is 0.881. The second-order valence-corrected chi connectivity index (χ2v) is 4.50. The first kappa shape index (κ1) is 13.6. The largest absolute Gasteiger partial charge is 0.480 e. The van der Waals surface area contributed by atoms with Crippen molar-refractivity contribution in [1.82, 2.24) is 4.90 Å². The summed E-state index contributed by atoms with van der Waals surface area (Å²) in [6.07, 6.45) is 0. The van der Waals surface area contributed by atoms with Crippen LogP contribution in [-0.4, -0.2) is 28.6 Å². The highest BCUT2D eigenvalue weighted by Crippen LogP contribution is 2.17. The van der Waals surface area contributed by atoms with Crippen LogP contribution in [0.2, 0.25) is 0 Å². The smallest absolute Gasteiger partial charge is 0.323 e. The summed E-state index contributed by atoms with van der Waals surface area (Å²) in [5.41, 5.74) is -0.692. The predicted octanol–water partition coefficient (Wildman–Crippen LogP) is 2.26. The number of carbonyl (C=O) groups is 1. The first-order valence-electron chi connectivity index (χ1n) is 5.13. The molecule has 0 aliphatic carbocycles. The monoisotopic (exact) mass is 243 g/mol. The second-order valence-electron chi connectivity index (χ2n) is 4.50. The third kappa shape index (κ3) is 3.23. The highest BCUT2D eigenvalue weighted by Gasteiger charge is 2.31. The second kappa shape index (κ2) is 4.79. The van der Waals surface area contributed by atoms with Crippen LogP contribution in [0.3, 0.4) is 0 Å². The Morgan fingerprint density at radius 1 is 1.29 bits per heavy atom. The fourth-order valence-corrected chi connectivity index (χ4v) is 1.34. The predicted molar refractivity (Wildman–Crippen MR) is 59.5 cm³/mol. The molecule has 17 heavy (non-hydrogen) atoms. The molecule has 0 heterocycles. The van der Waals surface area contributed by atoms with Crippen molar-refractivity contribution in [3.8, 4) is 0 Å². The van der Waals surface area contributed by atoms with E-state index in [2.05, 4.69) is 0 Å². The van der Waals surface area contributed by atoms with E-state index in [9.17, 15) is 13.6 Å². The maximum Gasteiger partial charge on any atom is 0.323 e. The normalized spacial score (nSPS) is 11.9. The fraction of sp³-hybridized carbons (Fsp3) is 0.417. The van der Waals surface area contributed by atoms with Gasteiger partial charge in [-0.2, -0.15) is 0 Å². The van der Waals surface area contributed by atoms with Gasteiger partial charge in [-0.3, -0.25) is 9.69 Å². The highest BCUT2D eigenvalue weighted by molar-refractivity contribution is 5.77. The van der Waals surface area contributed by atoms with E-state index in [-0.39, 0.29) is 6.54 Å². The number of carboxylic acid groups (broad SMARTS) is 1. The lowest BCUT2D eigenvalue weighted by atomic mass is 10.0. The summed E-state index contributed by atoms with van der Waals surface area (Å²) in [6.45, 7) is 3.23. The molecule has 1 aromatic rings. The molecule has 0 fully saturated rings. The van der Waals surface area contributed by atoms with Crippen LogP contribution in [0.5, 0.6) is 0 Å². The van der Waals surface area contributed by atoms with Crippen molar-refractivity contribution in [3.05, 3.63) is 35.4 Å². The molecule has 1 aromatic carbocycles. The molecule has 0 radical (unpaired) electrons. The summed E-state index contributed by atoms with van der Waals surface area (Å²) in [5, 5.41) is 9.01. The molecule has 0 bridgehead atoms. The van der Waals surface area contributed by atoms with Crippen molar-refractivity contribution in [1.29, 1.82) is 0 Å². The minimum Gasteiger partial charge on any atom is -0.480 e. The van der Waals surface area contributed by atoms with Gasteiger partial charge in [0, 0.05) is 12.6 Å². The number of nitrogens with zero attached hydrogens (tertiary/aromatic N) is 1. The minimum absolute atomic E-state index is 0.161. The number of aliphatic carboxylic acids is 1. The number of rotatable bonds is 4. The zero-order chi connectivity index (χ0) is 13.2. The molecule has 5 heteroatoms. The SMILES string of the molecule is CN(Cc1cc(F)cc(F)c1)C(C)(C)C(=O)O. The molecule has 0 amide bonds. The number of hydrogen-bond donors (Lipinski definition) is 1. The van der Waals surface area contributed by atoms with E-state index in [1.54, 1.807) is 7.05 Å². The van der Waals surface area contributed by atoms with Crippen molar-refractivity contribution in [3.63, 3.8) is 0 Å². The molecule has 1 N–H and O–H groups in total. The lowest BCUT2D eigenvalue weighted by molar-refractivity contribution is -0.148. The number of likely N-dealkylation sites (N-methyl/N-ethyl adjacent to an activating group) is 1. The van der Waals surface area contributed by atoms with Crippen LogP contribution in [0.25, 0.3) is 0 Å². The van der Waals surface area contributed by atoms with Gasteiger partial charge in [0.1, 0.15) is 17.2 Å². The Balaban J connectivity index is 2.88. The van der Waals surface area contributed by atoms with Gasteiger partial charge in [0.25, 0.3) is 0 Å². The first-order chi connectivity index (χ1) is 7.73. The molecule has 94 valence electrons. The van der Waals surface area contributed by atoms with Crippen LogP contribution in [-0.2, 0) is 11.3 Å². The lowest BCUT2D eigenvalue weighted by Gasteiger charge is -2.31. The molecule has 0 atom stereocenters. The molecule has 0 unspecified atom stereocenters. The molecule has 0 saturated carbocycles. The summed E-state index contributed by atoms with van der Waals surface area (Å²) < 4.78 is 25.9.